The minimum Gasteiger partial charge on any atom is -0.497 e. The highest BCUT2D eigenvalue weighted by Crippen LogP contribution is 2.36. The molecule has 1 saturated carbocycles. The molecule has 1 aromatic carbocycles. The van der Waals surface area contributed by atoms with E-state index in [1.54, 1.807) is 7.11 Å². The van der Waals surface area contributed by atoms with E-state index in [2.05, 4.69) is 30.0 Å². The third-order valence-electron chi connectivity index (χ3n) is 4.94. The molecule has 0 aromatic heterocycles. The molecule has 1 heterocycles. The number of methoxy groups -OCH3 is 1. The Morgan fingerprint density at radius 2 is 2.00 bits per heavy atom. The number of nitrogens with two attached hydrogens (primary N) is 1. The average molecular weight is 274 g/mol. The van der Waals surface area contributed by atoms with Gasteiger partial charge in [-0.15, -0.1) is 0 Å². The van der Waals surface area contributed by atoms with Crippen molar-refractivity contribution in [3.8, 4) is 5.75 Å². The fraction of sp³-hybridized carbons (Fsp3) is 0.647. The van der Waals surface area contributed by atoms with Crippen LogP contribution in [0, 0.1) is 5.92 Å². The molecule has 1 saturated heterocycles. The first-order valence-electron chi connectivity index (χ1n) is 7.79. The van der Waals surface area contributed by atoms with Crippen LogP contribution in [0.1, 0.15) is 37.7 Å². The third-order valence-corrected chi connectivity index (χ3v) is 4.94. The van der Waals surface area contributed by atoms with Crippen LogP contribution in [0.15, 0.2) is 24.3 Å². The maximum Gasteiger partial charge on any atom is 0.119 e. The number of ether oxygens (including phenoxy) is 1. The fourth-order valence-corrected chi connectivity index (χ4v) is 3.77. The normalized spacial score (nSPS) is 34.5. The molecule has 3 nitrogen and oxygen atoms in total. The van der Waals surface area contributed by atoms with Gasteiger partial charge in [-0.3, -0.25) is 4.90 Å². The average Bonchev–Trinajstić information content (AvgIpc) is 2.43. The van der Waals surface area contributed by atoms with Crippen LogP contribution in [-0.4, -0.2) is 37.2 Å². The third kappa shape index (κ3) is 2.84. The van der Waals surface area contributed by atoms with Gasteiger partial charge < -0.3 is 10.5 Å². The Bertz CT molecular complexity index is 456. The van der Waals surface area contributed by atoms with E-state index in [1.165, 1.54) is 18.4 Å². The second-order valence-electron chi connectivity index (χ2n) is 6.65. The van der Waals surface area contributed by atoms with Gasteiger partial charge in [0.1, 0.15) is 5.75 Å². The van der Waals surface area contributed by atoms with Crippen molar-refractivity contribution in [1.82, 2.24) is 4.90 Å². The highest BCUT2D eigenvalue weighted by atomic mass is 16.5. The van der Waals surface area contributed by atoms with Gasteiger partial charge in [-0.25, -0.2) is 0 Å². The van der Waals surface area contributed by atoms with E-state index in [1.807, 2.05) is 6.07 Å². The Kier molecular flexibility index (Phi) is 3.99. The Morgan fingerprint density at radius 1 is 1.20 bits per heavy atom. The van der Waals surface area contributed by atoms with Crippen LogP contribution < -0.4 is 10.5 Å². The number of likely N-dealkylation sites (tertiary alicyclic amines) is 1. The quantitative estimate of drug-likeness (QED) is 0.921. The lowest BCUT2D eigenvalue weighted by Gasteiger charge is -2.47. The molecule has 2 aliphatic rings. The summed E-state index contributed by atoms with van der Waals surface area (Å²) in [4.78, 5) is 2.62. The van der Waals surface area contributed by atoms with Crippen molar-refractivity contribution >= 4 is 0 Å². The summed E-state index contributed by atoms with van der Waals surface area (Å²) in [6.07, 6.45) is 3.78. The second kappa shape index (κ2) is 5.74. The van der Waals surface area contributed by atoms with Crippen molar-refractivity contribution in [1.29, 1.82) is 0 Å². The van der Waals surface area contributed by atoms with Crippen molar-refractivity contribution in [3.05, 3.63) is 29.8 Å². The minimum atomic E-state index is 0.302. The molecule has 2 atom stereocenters. The van der Waals surface area contributed by atoms with E-state index in [4.69, 9.17) is 10.5 Å². The van der Waals surface area contributed by atoms with Gasteiger partial charge >= 0.3 is 0 Å². The molecule has 1 aliphatic carbocycles. The lowest BCUT2D eigenvalue weighted by atomic mass is 9.78. The SMILES string of the molecule is COc1cccc(C2CC(N)CN(C3CC(C)C3)C2)c1. The van der Waals surface area contributed by atoms with E-state index in [-0.39, 0.29) is 0 Å². The van der Waals surface area contributed by atoms with Gasteiger partial charge in [-0.1, -0.05) is 19.1 Å². The monoisotopic (exact) mass is 274 g/mol. The maximum atomic E-state index is 6.30. The number of nitrogens with zero attached hydrogens (tertiary/aromatic N) is 1. The number of hydrogen-bond donors (Lipinski definition) is 1. The van der Waals surface area contributed by atoms with E-state index >= 15 is 0 Å². The summed E-state index contributed by atoms with van der Waals surface area (Å²) in [7, 11) is 1.73. The summed E-state index contributed by atoms with van der Waals surface area (Å²) in [5.41, 5.74) is 7.67. The highest BCUT2D eigenvalue weighted by Gasteiger charge is 2.35. The van der Waals surface area contributed by atoms with Crippen LogP contribution in [0.2, 0.25) is 0 Å². The molecule has 0 amide bonds. The summed E-state index contributed by atoms with van der Waals surface area (Å²) < 4.78 is 5.35. The van der Waals surface area contributed by atoms with Crippen molar-refractivity contribution in [3.63, 3.8) is 0 Å². The summed E-state index contributed by atoms with van der Waals surface area (Å²) in [6, 6.07) is 9.55. The van der Waals surface area contributed by atoms with Gasteiger partial charge in [0.2, 0.25) is 0 Å². The molecule has 2 fully saturated rings. The Balaban J connectivity index is 1.72. The van der Waals surface area contributed by atoms with Crippen LogP contribution in [0.4, 0.5) is 0 Å². The summed E-state index contributed by atoms with van der Waals surface area (Å²) in [5.74, 6) is 2.39. The smallest absolute Gasteiger partial charge is 0.119 e. The molecule has 0 radical (unpaired) electrons. The van der Waals surface area contributed by atoms with E-state index in [0.29, 0.717) is 12.0 Å². The van der Waals surface area contributed by atoms with Crippen molar-refractivity contribution in [2.45, 2.75) is 44.2 Å². The highest BCUT2D eigenvalue weighted by molar-refractivity contribution is 5.31. The predicted molar refractivity (Wildman–Crippen MR) is 82.1 cm³/mol. The molecule has 3 heteroatoms. The maximum absolute atomic E-state index is 6.30. The molecular formula is C17H26N2O. The van der Waals surface area contributed by atoms with Crippen LogP contribution >= 0.6 is 0 Å². The first kappa shape index (κ1) is 13.9. The summed E-state index contributed by atoms with van der Waals surface area (Å²) in [5, 5.41) is 0. The lowest BCUT2D eigenvalue weighted by Crippen LogP contribution is -2.53. The molecule has 1 aliphatic heterocycles. The molecule has 3 rings (SSSR count). The van der Waals surface area contributed by atoms with Crippen molar-refractivity contribution in [2.24, 2.45) is 11.7 Å². The topological polar surface area (TPSA) is 38.5 Å². The van der Waals surface area contributed by atoms with Crippen LogP contribution in [0.3, 0.4) is 0 Å². The molecule has 20 heavy (non-hydrogen) atoms. The van der Waals surface area contributed by atoms with Crippen molar-refractivity contribution in [2.75, 3.05) is 20.2 Å². The summed E-state index contributed by atoms with van der Waals surface area (Å²) in [6.45, 7) is 4.57. The zero-order chi connectivity index (χ0) is 14.1. The Labute approximate surface area is 122 Å². The van der Waals surface area contributed by atoms with E-state index in [9.17, 15) is 0 Å². The Hall–Kier alpha value is -1.06. The molecule has 0 spiro atoms. The minimum absolute atomic E-state index is 0.302. The Morgan fingerprint density at radius 3 is 2.70 bits per heavy atom. The van der Waals surface area contributed by atoms with Gasteiger partial charge in [-0.2, -0.15) is 0 Å². The number of hydrogen-bond acceptors (Lipinski definition) is 3. The largest absolute Gasteiger partial charge is 0.497 e. The lowest BCUT2D eigenvalue weighted by molar-refractivity contribution is 0.0541. The van der Waals surface area contributed by atoms with Crippen LogP contribution in [-0.2, 0) is 0 Å². The molecular weight excluding hydrogens is 248 g/mol. The zero-order valence-corrected chi connectivity index (χ0v) is 12.6. The van der Waals surface area contributed by atoms with Crippen molar-refractivity contribution < 1.29 is 4.74 Å². The first-order chi connectivity index (χ1) is 9.65. The van der Waals surface area contributed by atoms with Gasteiger partial charge in [0.05, 0.1) is 7.11 Å². The van der Waals surface area contributed by atoms with E-state index in [0.717, 1.165) is 37.2 Å². The number of rotatable bonds is 3. The van der Waals surface area contributed by atoms with Crippen LogP contribution in [0.25, 0.3) is 0 Å². The standard InChI is InChI=1S/C17H26N2O/c1-12-6-16(7-12)19-10-14(8-15(18)11-19)13-4-3-5-17(9-13)20-2/h3-5,9,12,14-16H,6-8,10-11,18H2,1-2H3. The molecule has 1 aromatic rings. The second-order valence-corrected chi connectivity index (χ2v) is 6.65. The number of piperidine rings is 1. The predicted octanol–water partition coefficient (Wildman–Crippen LogP) is 2.61. The molecule has 2 unspecified atom stereocenters. The molecule has 110 valence electrons. The van der Waals surface area contributed by atoms with E-state index < -0.39 is 0 Å². The number of benzene rings is 1. The van der Waals surface area contributed by atoms with Crippen LogP contribution in [0.5, 0.6) is 5.75 Å². The van der Waals surface area contributed by atoms with Gasteiger partial charge in [0.25, 0.3) is 0 Å². The summed E-state index contributed by atoms with van der Waals surface area (Å²) >= 11 is 0. The first-order valence-corrected chi connectivity index (χ1v) is 7.79. The zero-order valence-electron chi connectivity index (χ0n) is 12.6. The van der Waals surface area contributed by atoms with Gasteiger partial charge in [-0.05, 0) is 48.8 Å². The van der Waals surface area contributed by atoms with Gasteiger partial charge in [0.15, 0.2) is 0 Å². The molecule has 0 bridgehead atoms. The fourth-order valence-electron chi connectivity index (χ4n) is 3.77. The van der Waals surface area contributed by atoms with Gasteiger partial charge in [0, 0.05) is 25.2 Å². The molecule has 2 N–H and O–H groups in total.